The molecular weight excluding hydrogens is 330 g/mol. The third-order valence-corrected chi connectivity index (χ3v) is 6.00. The average Bonchev–Trinajstić information content (AvgIpc) is 3.29. The Balaban J connectivity index is 0.00000192. The van der Waals surface area contributed by atoms with E-state index < -0.39 is 5.41 Å². The van der Waals surface area contributed by atoms with Crippen molar-refractivity contribution in [3.8, 4) is 0 Å². The van der Waals surface area contributed by atoms with Gasteiger partial charge < -0.3 is 11.1 Å². The molecule has 1 aromatic carbocycles. The summed E-state index contributed by atoms with van der Waals surface area (Å²) in [6.45, 7) is 4.41. The summed E-state index contributed by atoms with van der Waals surface area (Å²) < 4.78 is 1.14. The molecule has 1 fully saturated rings. The molecule has 1 saturated carbocycles. The first-order valence-electron chi connectivity index (χ1n) is 8.04. The molecule has 0 unspecified atom stereocenters. The molecule has 4 nitrogen and oxygen atoms in total. The lowest BCUT2D eigenvalue weighted by molar-refractivity contribution is -0.125. The summed E-state index contributed by atoms with van der Waals surface area (Å²) in [6.07, 6.45) is 4.02. The molecule has 3 N–H and O–H groups in total. The van der Waals surface area contributed by atoms with Crippen molar-refractivity contribution >= 4 is 45.6 Å². The Morgan fingerprint density at radius 2 is 2.09 bits per heavy atom. The Morgan fingerprint density at radius 1 is 1.39 bits per heavy atom. The van der Waals surface area contributed by atoms with Crippen LogP contribution in [0.2, 0.25) is 0 Å². The monoisotopic (exact) mass is 353 g/mol. The van der Waals surface area contributed by atoms with Gasteiger partial charge in [0.2, 0.25) is 5.91 Å². The van der Waals surface area contributed by atoms with Crippen molar-refractivity contribution in [2.45, 2.75) is 45.4 Å². The molecule has 1 aliphatic carbocycles. The molecule has 0 spiro atoms. The number of benzene rings is 1. The van der Waals surface area contributed by atoms with Crippen LogP contribution in [0.4, 0.5) is 5.69 Å². The zero-order valence-corrected chi connectivity index (χ0v) is 15.2. The predicted octanol–water partition coefficient (Wildman–Crippen LogP) is 4.30. The molecule has 2 aromatic rings. The molecule has 1 aliphatic rings. The fraction of sp³-hybridized carbons (Fsp3) is 0.529. The number of amides is 1. The van der Waals surface area contributed by atoms with Gasteiger partial charge in [-0.05, 0) is 43.9 Å². The first kappa shape index (κ1) is 18.2. The van der Waals surface area contributed by atoms with E-state index >= 15 is 0 Å². The van der Waals surface area contributed by atoms with E-state index in [1.807, 2.05) is 32.0 Å². The highest BCUT2D eigenvalue weighted by atomic mass is 35.5. The number of rotatable bonds is 6. The molecular formula is C17H24ClN3OS. The first-order chi connectivity index (χ1) is 10.6. The van der Waals surface area contributed by atoms with E-state index in [9.17, 15) is 4.79 Å². The Bertz CT molecular complexity index is 684. The second-order valence-corrected chi connectivity index (χ2v) is 7.22. The summed E-state index contributed by atoms with van der Waals surface area (Å²) in [5.74, 6) is 0.687. The van der Waals surface area contributed by atoms with Crippen LogP contribution in [0.25, 0.3) is 10.2 Å². The minimum atomic E-state index is -0.470. The molecule has 126 valence electrons. The number of fused-ring (bicyclic) bond motifs is 1. The van der Waals surface area contributed by atoms with Crippen molar-refractivity contribution in [2.75, 3.05) is 11.9 Å². The normalized spacial score (nSPS) is 14.6. The minimum absolute atomic E-state index is 0. The molecule has 6 heteroatoms. The highest BCUT2D eigenvalue weighted by Gasteiger charge is 2.33. The van der Waals surface area contributed by atoms with Crippen LogP contribution in [-0.2, 0) is 4.79 Å². The second kappa shape index (κ2) is 7.16. The second-order valence-electron chi connectivity index (χ2n) is 6.15. The smallest absolute Gasteiger partial charge is 0.231 e. The number of halogens is 1. The van der Waals surface area contributed by atoms with E-state index in [2.05, 4.69) is 10.3 Å². The van der Waals surface area contributed by atoms with E-state index in [0.717, 1.165) is 28.7 Å². The molecule has 0 bridgehead atoms. The van der Waals surface area contributed by atoms with Crippen LogP contribution >= 0.6 is 23.7 Å². The van der Waals surface area contributed by atoms with Gasteiger partial charge in [-0.3, -0.25) is 4.79 Å². The number of aromatic nitrogens is 1. The van der Waals surface area contributed by atoms with Gasteiger partial charge in [-0.2, -0.15) is 0 Å². The molecule has 0 radical (unpaired) electrons. The highest BCUT2D eigenvalue weighted by Crippen LogP contribution is 2.43. The molecule has 0 saturated heterocycles. The Morgan fingerprint density at radius 3 is 2.65 bits per heavy atom. The van der Waals surface area contributed by atoms with Crippen molar-refractivity contribution < 1.29 is 4.79 Å². The lowest BCUT2D eigenvalue weighted by atomic mass is 9.81. The fourth-order valence-corrected chi connectivity index (χ4v) is 3.92. The fourth-order valence-electron chi connectivity index (χ4n) is 2.74. The van der Waals surface area contributed by atoms with Crippen molar-refractivity contribution in [1.82, 2.24) is 4.98 Å². The summed E-state index contributed by atoms with van der Waals surface area (Å²) in [5.41, 5.74) is 7.24. The van der Waals surface area contributed by atoms with Crippen molar-refractivity contribution in [1.29, 1.82) is 0 Å². The predicted molar refractivity (Wildman–Crippen MR) is 99.5 cm³/mol. The number of anilines is 1. The lowest BCUT2D eigenvalue weighted by Gasteiger charge is -2.28. The summed E-state index contributed by atoms with van der Waals surface area (Å²) in [7, 11) is 0. The maximum absolute atomic E-state index is 12.6. The lowest BCUT2D eigenvalue weighted by Crippen LogP contribution is -2.41. The largest absolute Gasteiger partial charge is 0.329 e. The summed E-state index contributed by atoms with van der Waals surface area (Å²) >= 11 is 1.75. The van der Waals surface area contributed by atoms with Gasteiger partial charge in [0.25, 0.3) is 0 Å². The van der Waals surface area contributed by atoms with E-state index in [4.69, 9.17) is 5.73 Å². The van der Waals surface area contributed by atoms with E-state index in [0.29, 0.717) is 12.5 Å². The number of carbonyl (C=O) groups is 1. The Labute approximate surface area is 147 Å². The number of nitrogens with zero attached hydrogens (tertiary/aromatic N) is 1. The van der Waals surface area contributed by atoms with Crippen molar-refractivity contribution in [2.24, 2.45) is 11.1 Å². The van der Waals surface area contributed by atoms with E-state index in [1.165, 1.54) is 17.8 Å². The van der Waals surface area contributed by atoms with E-state index in [1.54, 1.807) is 11.3 Å². The standard InChI is InChI=1S/C17H23N3OS.ClH/c1-3-17(4-2,10-18)16(21)19-12-7-8-13-14(9-12)22-15(20-13)11-5-6-11;/h7-9,11H,3-6,10,18H2,1-2H3,(H,19,21);1H. The van der Waals surface area contributed by atoms with Crippen molar-refractivity contribution in [3.63, 3.8) is 0 Å². The number of hydrogen-bond acceptors (Lipinski definition) is 4. The topological polar surface area (TPSA) is 68.0 Å². The number of thiazole rings is 1. The molecule has 3 rings (SSSR count). The molecule has 0 atom stereocenters. The van der Waals surface area contributed by atoms with Crippen LogP contribution < -0.4 is 11.1 Å². The molecule has 23 heavy (non-hydrogen) atoms. The molecule has 1 aromatic heterocycles. The third kappa shape index (κ3) is 3.52. The first-order valence-corrected chi connectivity index (χ1v) is 8.85. The SMILES string of the molecule is CCC(CC)(CN)C(=O)Nc1ccc2nc(C3CC3)sc2c1.Cl. The van der Waals surface area contributed by atoms with Gasteiger partial charge in [0.1, 0.15) is 0 Å². The van der Waals surface area contributed by atoms with Crippen LogP contribution in [0.1, 0.15) is 50.5 Å². The van der Waals surface area contributed by atoms with Gasteiger partial charge in [-0.1, -0.05) is 13.8 Å². The Kier molecular flexibility index (Phi) is 5.65. The van der Waals surface area contributed by atoms with Crippen LogP contribution in [-0.4, -0.2) is 17.4 Å². The average molecular weight is 354 g/mol. The Hall–Kier alpha value is -1.17. The highest BCUT2D eigenvalue weighted by molar-refractivity contribution is 7.18. The van der Waals surface area contributed by atoms with Gasteiger partial charge in [0, 0.05) is 18.2 Å². The number of hydrogen-bond donors (Lipinski definition) is 2. The summed E-state index contributed by atoms with van der Waals surface area (Å²) in [5, 5.41) is 4.28. The number of nitrogens with two attached hydrogens (primary N) is 1. The van der Waals surface area contributed by atoms with Crippen LogP contribution in [0, 0.1) is 5.41 Å². The van der Waals surface area contributed by atoms with Crippen LogP contribution in [0.15, 0.2) is 18.2 Å². The maximum Gasteiger partial charge on any atom is 0.231 e. The minimum Gasteiger partial charge on any atom is -0.329 e. The number of carbonyl (C=O) groups excluding carboxylic acids is 1. The zero-order valence-electron chi connectivity index (χ0n) is 13.6. The maximum atomic E-state index is 12.6. The summed E-state index contributed by atoms with van der Waals surface area (Å²) in [4.78, 5) is 17.3. The molecule has 1 amide bonds. The van der Waals surface area contributed by atoms with Gasteiger partial charge in [0.05, 0.1) is 20.6 Å². The van der Waals surface area contributed by atoms with Crippen LogP contribution in [0.5, 0.6) is 0 Å². The summed E-state index contributed by atoms with van der Waals surface area (Å²) in [6, 6.07) is 5.96. The van der Waals surface area contributed by atoms with Gasteiger partial charge in [0.15, 0.2) is 0 Å². The van der Waals surface area contributed by atoms with Crippen LogP contribution in [0.3, 0.4) is 0 Å². The van der Waals surface area contributed by atoms with Crippen molar-refractivity contribution in [3.05, 3.63) is 23.2 Å². The zero-order chi connectivity index (χ0) is 15.7. The van der Waals surface area contributed by atoms with Gasteiger partial charge in [-0.15, -0.1) is 23.7 Å². The van der Waals surface area contributed by atoms with Gasteiger partial charge in [-0.25, -0.2) is 4.98 Å². The van der Waals surface area contributed by atoms with E-state index in [-0.39, 0.29) is 18.3 Å². The quantitative estimate of drug-likeness (QED) is 0.813. The molecule has 0 aliphatic heterocycles. The molecule has 1 heterocycles. The number of nitrogens with one attached hydrogen (secondary N) is 1. The van der Waals surface area contributed by atoms with Gasteiger partial charge >= 0.3 is 0 Å². The third-order valence-electron chi connectivity index (χ3n) is 4.82.